The topological polar surface area (TPSA) is 148 Å². The van der Waals surface area contributed by atoms with Crippen LogP contribution in [0.1, 0.15) is 51.3 Å². The lowest BCUT2D eigenvalue weighted by Crippen LogP contribution is -2.36. The molecule has 0 aromatic heterocycles. The fourth-order valence-electron chi connectivity index (χ4n) is 4.49. The standard InChI is InChI=1S/C38H38BrClN2O10/c1-37(2,3)51-33(43)41-22-24-11-17-29(18-12-24)49-36(46)50-31-8-6-7-26(32(31)40)21-38(4,5)52-34(44)42-23-25-9-15-28(16-10-25)47-35(45)48-30-19-13-27(39)14-20-30/h6-20H,21-23H2,1-5H3,(H,41,43)(H,42,44). The van der Waals surface area contributed by atoms with Gasteiger partial charge in [0.2, 0.25) is 0 Å². The van der Waals surface area contributed by atoms with Gasteiger partial charge in [-0.2, -0.15) is 0 Å². The van der Waals surface area contributed by atoms with Crippen LogP contribution in [0.4, 0.5) is 19.2 Å². The van der Waals surface area contributed by atoms with Crippen molar-refractivity contribution in [1.82, 2.24) is 10.6 Å². The van der Waals surface area contributed by atoms with E-state index in [2.05, 4.69) is 26.6 Å². The minimum Gasteiger partial charge on any atom is -0.444 e. The summed E-state index contributed by atoms with van der Waals surface area (Å²) in [6, 6.07) is 24.6. The molecule has 2 N–H and O–H groups in total. The number of carbonyl (C=O) groups is 4. The van der Waals surface area contributed by atoms with Crippen molar-refractivity contribution in [3.63, 3.8) is 0 Å². The van der Waals surface area contributed by atoms with Crippen molar-refractivity contribution < 1.29 is 47.6 Å². The van der Waals surface area contributed by atoms with Gasteiger partial charge in [-0.3, -0.25) is 0 Å². The van der Waals surface area contributed by atoms with Crippen molar-refractivity contribution in [2.45, 2.75) is 65.3 Å². The number of carbonyl (C=O) groups excluding carboxylic acids is 4. The Labute approximate surface area is 314 Å². The van der Waals surface area contributed by atoms with Gasteiger partial charge in [-0.1, -0.05) is 63.9 Å². The van der Waals surface area contributed by atoms with E-state index in [0.717, 1.165) is 15.6 Å². The molecule has 12 nitrogen and oxygen atoms in total. The highest BCUT2D eigenvalue weighted by molar-refractivity contribution is 9.10. The Balaban J connectivity index is 1.22. The van der Waals surface area contributed by atoms with Gasteiger partial charge in [0.25, 0.3) is 0 Å². The second-order valence-corrected chi connectivity index (χ2v) is 14.2. The average Bonchev–Trinajstić information content (AvgIpc) is 3.06. The van der Waals surface area contributed by atoms with Gasteiger partial charge in [0.1, 0.15) is 28.5 Å². The van der Waals surface area contributed by atoms with Crippen LogP contribution in [0.3, 0.4) is 0 Å². The van der Waals surface area contributed by atoms with Crippen LogP contribution >= 0.6 is 27.5 Å². The number of hydrogen-bond acceptors (Lipinski definition) is 10. The minimum atomic E-state index is -1.01. The molecule has 0 atom stereocenters. The number of alkyl carbamates (subject to hydrolysis) is 2. The number of amides is 2. The van der Waals surface area contributed by atoms with Crippen molar-refractivity contribution in [2.24, 2.45) is 0 Å². The molecule has 0 aliphatic rings. The molecule has 274 valence electrons. The fourth-order valence-corrected chi connectivity index (χ4v) is 4.99. The molecule has 0 saturated heterocycles. The first kappa shape index (κ1) is 39.5. The molecule has 0 spiro atoms. The third-order valence-electron chi connectivity index (χ3n) is 6.76. The molecule has 4 aromatic carbocycles. The predicted molar refractivity (Wildman–Crippen MR) is 196 cm³/mol. The first-order valence-corrected chi connectivity index (χ1v) is 17.1. The highest BCUT2D eigenvalue weighted by Gasteiger charge is 2.26. The molecule has 0 heterocycles. The van der Waals surface area contributed by atoms with Gasteiger partial charge < -0.3 is 39.1 Å². The van der Waals surface area contributed by atoms with Crippen LogP contribution in [0.5, 0.6) is 23.0 Å². The minimum absolute atomic E-state index is 0.0663. The zero-order chi connectivity index (χ0) is 37.9. The van der Waals surface area contributed by atoms with Crippen LogP contribution in [-0.2, 0) is 29.0 Å². The summed E-state index contributed by atoms with van der Waals surface area (Å²) in [6.45, 7) is 9.14. The van der Waals surface area contributed by atoms with Crippen molar-refractivity contribution in [1.29, 1.82) is 0 Å². The van der Waals surface area contributed by atoms with Gasteiger partial charge in [-0.15, -0.1) is 0 Å². The van der Waals surface area contributed by atoms with E-state index >= 15 is 0 Å². The van der Waals surface area contributed by atoms with Gasteiger partial charge in [0, 0.05) is 24.0 Å². The maximum Gasteiger partial charge on any atom is 0.519 e. The zero-order valence-corrected chi connectivity index (χ0v) is 31.5. The molecule has 0 bridgehead atoms. The number of halogens is 2. The molecule has 2 amide bonds. The lowest BCUT2D eigenvalue weighted by Gasteiger charge is -2.26. The number of ether oxygens (including phenoxy) is 6. The Morgan fingerprint density at radius 2 is 1.06 bits per heavy atom. The van der Waals surface area contributed by atoms with Crippen LogP contribution in [0, 0.1) is 0 Å². The maximum atomic E-state index is 12.7. The summed E-state index contributed by atoms with van der Waals surface area (Å²) in [4.78, 5) is 49.2. The van der Waals surface area contributed by atoms with Crippen molar-refractivity contribution >= 4 is 52.0 Å². The number of hydrogen-bond donors (Lipinski definition) is 2. The van der Waals surface area contributed by atoms with E-state index in [1.54, 1.807) is 120 Å². The predicted octanol–water partition coefficient (Wildman–Crippen LogP) is 9.53. The van der Waals surface area contributed by atoms with Crippen LogP contribution in [0.15, 0.2) is 95.5 Å². The van der Waals surface area contributed by atoms with Gasteiger partial charge in [-0.25, -0.2) is 19.2 Å². The third-order valence-corrected chi connectivity index (χ3v) is 7.72. The summed E-state index contributed by atoms with van der Waals surface area (Å²) in [5.74, 6) is 0.898. The van der Waals surface area contributed by atoms with E-state index in [9.17, 15) is 19.2 Å². The van der Waals surface area contributed by atoms with E-state index in [4.69, 9.17) is 40.0 Å². The molecule has 0 fully saturated rings. The molecule has 0 aliphatic carbocycles. The summed E-state index contributed by atoms with van der Waals surface area (Å²) >= 11 is 9.89. The molecular formula is C38H38BrClN2O10. The lowest BCUT2D eigenvalue weighted by atomic mass is 9.98. The first-order valence-electron chi connectivity index (χ1n) is 16.0. The summed E-state index contributed by atoms with van der Waals surface area (Å²) in [6.07, 6.45) is -2.90. The Morgan fingerprint density at radius 1 is 0.615 bits per heavy atom. The second-order valence-electron chi connectivity index (χ2n) is 12.9. The molecule has 52 heavy (non-hydrogen) atoms. The van der Waals surface area contributed by atoms with E-state index in [0.29, 0.717) is 11.3 Å². The lowest BCUT2D eigenvalue weighted by molar-refractivity contribution is 0.0389. The van der Waals surface area contributed by atoms with Crippen molar-refractivity contribution in [2.75, 3.05) is 0 Å². The largest absolute Gasteiger partial charge is 0.519 e. The molecule has 14 heteroatoms. The SMILES string of the molecule is CC(C)(C)OC(=O)NCc1ccc(OC(=O)Oc2cccc(CC(C)(C)OC(=O)NCc3ccc(OC(=O)Oc4ccc(Br)cc4)cc3)c2Cl)cc1. The quantitative estimate of drug-likeness (QED) is 0.111. The van der Waals surface area contributed by atoms with Gasteiger partial charge >= 0.3 is 24.5 Å². The summed E-state index contributed by atoms with van der Waals surface area (Å²) in [7, 11) is 0. The van der Waals surface area contributed by atoms with E-state index < -0.39 is 35.7 Å². The van der Waals surface area contributed by atoms with Crippen molar-refractivity contribution in [3.8, 4) is 23.0 Å². The van der Waals surface area contributed by atoms with E-state index in [-0.39, 0.29) is 41.8 Å². The Kier molecular flexibility index (Phi) is 13.5. The smallest absolute Gasteiger partial charge is 0.444 e. The van der Waals surface area contributed by atoms with Crippen LogP contribution in [-0.4, -0.2) is 35.7 Å². The van der Waals surface area contributed by atoms with E-state index in [1.807, 2.05) is 0 Å². The number of benzene rings is 4. The fraction of sp³-hybridized carbons (Fsp3) is 0.263. The number of nitrogens with one attached hydrogen (secondary N) is 2. The monoisotopic (exact) mass is 796 g/mol. The van der Waals surface area contributed by atoms with E-state index in [1.165, 1.54) is 6.07 Å². The zero-order valence-electron chi connectivity index (χ0n) is 29.1. The van der Waals surface area contributed by atoms with Crippen molar-refractivity contribution in [3.05, 3.63) is 117 Å². The molecule has 0 aliphatic heterocycles. The first-order chi connectivity index (χ1) is 24.5. The normalized spacial score (nSPS) is 11.1. The summed E-state index contributed by atoms with van der Waals surface area (Å²) < 4.78 is 32.7. The van der Waals surface area contributed by atoms with Gasteiger partial charge in [0.05, 0.1) is 5.02 Å². The number of rotatable bonds is 11. The summed E-state index contributed by atoms with van der Waals surface area (Å²) in [5.41, 5.74) is 0.455. The Bertz CT molecular complexity index is 1860. The highest BCUT2D eigenvalue weighted by Crippen LogP contribution is 2.32. The Morgan fingerprint density at radius 3 is 1.54 bits per heavy atom. The molecular weight excluding hydrogens is 760 g/mol. The maximum absolute atomic E-state index is 12.7. The van der Waals surface area contributed by atoms with Crippen LogP contribution in [0.25, 0.3) is 0 Å². The molecule has 4 aromatic rings. The second kappa shape index (κ2) is 17.8. The molecule has 4 rings (SSSR count). The van der Waals surface area contributed by atoms with Gasteiger partial charge in [0.15, 0.2) is 5.75 Å². The molecule has 0 radical (unpaired) electrons. The molecule has 0 unspecified atom stereocenters. The van der Waals surface area contributed by atoms with Crippen LogP contribution < -0.4 is 29.6 Å². The summed E-state index contributed by atoms with van der Waals surface area (Å²) in [5, 5.41) is 5.51. The van der Waals surface area contributed by atoms with Gasteiger partial charge in [-0.05, 0) is 106 Å². The molecule has 0 saturated carbocycles. The third kappa shape index (κ3) is 13.5. The highest BCUT2D eigenvalue weighted by atomic mass is 79.9. The Hall–Kier alpha value is -5.27. The van der Waals surface area contributed by atoms with Crippen LogP contribution in [0.2, 0.25) is 5.02 Å². The average molecular weight is 798 g/mol.